The number of hydrogen-bond donors (Lipinski definition) is 1. The summed E-state index contributed by atoms with van der Waals surface area (Å²) in [7, 11) is 0. The molecule has 0 radical (unpaired) electrons. The molecule has 0 bridgehead atoms. The Hall–Kier alpha value is -2.60. The second kappa shape index (κ2) is 7.33. The first-order valence-corrected chi connectivity index (χ1v) is 9.41. The summed E-state index contributed by atoms with van der Waals surface area (Å²) >= 11 is 1.51. The molecule has 0 fully saturated rings. The van der Waals surface area contributed by atoms with Gasteiger partial charge >= 0.3 is 5.97 Å². The number of aromatic nitrogens is 3. The van der Waals surface area contributed by atoms with Crippen LogP contribution in [0.25, 0.3) is 22.0 Å². The summed E-state index contributed by atoms with van der Waals surface area (Å²) in [6.45, 7) is 8.49. The fourth-order valence-electron chi connectivity index (χ4n) is 2.69. The molecule has 0 unspecified atom stereocenters. The molecule has 0 saturated heterocycles. The maximum Gasteiger partial charge on any atom is 0.335 e. The molecular weight excluding hydrogens is 346 g/mol. The lowest BCUT2D eigenvalue weighted by Crippen LogP contribution is -2.06. The van der Waals surface area contributed by atoms with Gasteiger partial charge in [-0.2, -0.15) is 0 Å². The van der Waals surface area contributed by atoms with Crippen molar-refractivity contribution in [3.8, 4) is 22.0 Å². The Kier molecular flexibility index (Phi) is 5.13. The van der Waals surface area contributed by atoms with E-state index in [-0.39, 0.29) is 5.56 Å². The number of carboxylic acids is 1. The van der Waals surface area contributed by atoms with Gasteiger partial charge in [0.15, 0.2) is 0 Å². The first-order valence-electron chi connectivity index (χ1n) is 8.53. The number of carbonyl (C=O) groups is 1. The normalized spacial score (nSPS) is 11.3. The molecule has 0 spiro atoms. The number of rotatable bonds is 5. The van der Waals surface area contributed by atoms with E-state index in [9.17, 15) is 4.79 Å². The summed E-state index contributed by atoms with van der Waals surface area (Å²) in [4.78, 5) is 25.1. The summed E-state index contributed by atoms with van der Waals surface area (Å²) in [6.07, 6.45) is 1.79. The molecule has 0 atom stereocenters. The largest absolute Gasteiger partial charge is 0.478 e. The van der Waals surface area contributed by atoms with Crippen LogP contribution in [0.2, 0.25) is 0 Å². The fourth-order valence-corrected chi connectivity index (χ4v) is 3.48. The molecule has 6 heteroatoms. The first-order chi connectivity index (χ1) is 12.4. The van der Waals surface area contributed by atoms with Crippen molar-refractivity contribution in [2.75, 3.05) is 0 Å². The van der Waals surface area contributed by atoms with Crippen LogP contribution in [0.3, 0.4) is 0 Å². The average molecular weight is 367 g/mol. The molecule has 0 amide bonds. The second-order valence-corrected chi connectivity index (χ2v) is 7.61. The van der Waals surface area contributed by atoms with Gasteiger partial charge < -0.3 is 5.11 Å². The summed E-state index contributed by atoms with van der Waals surface area (Å²) < 4.78 is 0. The highest BCUT2D eigenvalue weighted by atomic mass is 32.1. The molecule has 1 aromatic carbocycles. The van der Waals surface area contributed by atoms with Crippen molar-refractivity contribution in [3.63, 3.8) is 0 Å². The van der Waals surface area contributed by atoms with Crippen molar-refractivity contribution in [2.45, 2.75) is 39.5 Å². The third-order valence-electron chi connectivity index (χ3n) is 4.07. The van der Waals surface area contributed by atoms with Crippen LogP contribution in [0.5, 0.6) is 0 Å². The number of thiazole rings is 1. The molecule has 0 aliphatic rings. The maximum atomic E-state index is 11.0. The standard InChI is InChI=1S/C20H21N3O2S/c1-11(2)17-18(12(3)4)22-15(9-21-17)19-23-16(10-26-19)13-5-7-14(8-6-13)20(24)25/h5-12H,1-4H3,(H,24,25). The van der Waals surface area contributed by atoms with Gasteiger partial charge in [-0.1, -0.05) is 39.8 Å². The van der Waals surface area contributed by atoms with Crippen LogP contribution in [-0.4, -0.2) is 26.0 Å². The van der Waals surface area contributed by atoms with E-state index < -0.39 is 5.97 Å². The molecule has 0 saturated carbocycles. The molecule has 3 rings (SSSR count). The van der Waals surface area contributed by atoms with E-state index in [1.165, 1.54) is 11.3 Å². The Bertz CT molecular complexity index is 930. The minimum atomic E-state index is -0.933. The number of carboxylic acid groups (broad SMARTS) is 1. The van der Waals surface area contributed by atoms with E-state index in [4.69, 9.17) is 10.1 Å². The number of hydrogen-bond acceptors (Lipinski definition) is 5. The molecule has 2 aromatic heterocycles. The lowest BCUT2D eigenvalue weighted by atomic mass is 10.0. The van der Waals surface area contributed by atoms with Crippen molar-refractivity contribution >= 4 is 17.3 Å². The average Bonchev–Trinajstić information content (AvgIpc) is 3.11. The van der Waals surface area contributed by atoms with Crippen LogP contribution in [-0.2, 0) is 0 Å². The first kappa shape index (κ1) is 18.2. The van der Waals surface area contributed by atoms with E-state index in [2.05, 4.69) is 37.7 Å². The lowest BCUT2D eigenvalue weighted by molar-refractivity contribution is 0.0697. The third-order valence-corrected chi connectivity index (χ3v) is 4.94. The SMILES string of the molecule is CC(C)c1ncc(-c2nc(-c3ccc(C(=O)O)cc3)cs2)nc1C(C)C. The Morgan fingerprint density at radius 3 is 2.19 bits per heavy atom. The second-order valence-electron chi connectivity index (χ2n) is 6.76. The zero-order valence-electron chi connectivity index (χ0n) is 15.2. The summed E-state index contributed by atoms with van der Waals surface area (Å²) in [5.74, 6) is -0.311. The molecule has 26 heavy (non-hydrogen) atoms. The highest BCUT2D eigenvalue weighted by Gasteiger charge is 2.16. The van der Waals surface area contributed by atoms with Crippen LogP contribution in [0, 0.1) is 0 Å². The summed E-state index contributed by atoms with van der Waals surface area (Å²) in [6, 6.07) is 6.72. The quantitative estimate of drug-likeness (QED) is 0.670. The minimum absolute atomic E-state index is 0.265. The summed E-state index contributed by atoms with van der Waals surface area (Å²) in [5.41, 5.74) is 4.78. The van der Waals surface area contributed by atoms with Crippen LogP contribution >= 0.6 is 11.3 Å². The van der Waals surface area contributed by atoms with Crippen molar-refractivity contribution in [3.05, 3.63) is 52.8 Å². The van der Waals surface area contributed by atoms with Gasteiger partial charge in [0, 0.05) is 10.9 Å². The van der Waals surface area contributed by atoms with E-state index >= 15 is 0 Å². The number of benzene rings is 1. The number of aromatic carboxylic acids is 1. The predicted molar refractivity (Wildman–Crippen MR) is 104 cm³/mol. The van der Waals surface area contributed by atoms with Gasteiger partial charge in [0.1, 0.15) is 10.7 Å². The smallest absolute Gasteiger partial charge is 0.335 e. The van der Waals surface area contributed by atoms with Crippen molar-refractivity contribution in [1.82, 2.24) is 15.0 Å². The molecule has 1 N–H and O–H groups in total. The van der Waals surface area contributed by atoms with Crippen molar-refractivity contribution < 1.29 is 9.90 Å². The fraction of sp³-hybridized carbons (Fsp3) is 0.300. The third kappa shape index (κ3) is 3.65. The van der Waals surface area contributed by atoms with Gasteiger partial charge in [-0.3, -0.25) is 4.98 Å². The molecule has 0 aliphatic carbocycles. The molecule has 2 heterocycles. The van der Waals surface area contributed by atoms with E-state index in [1.807, 2.05) is 5.38 Å². The Morgan fingerprint density at radius 1 is 0.962 bits per heavy atom. The van der Waals surface area contributed by atoms with Gasteiger partial charge in [-0.15, -0.1) is 11.3 Å². The number of nitrogens with zero attached hydrogens (tertiary/aromatic N) is 3. The molecule has 5 nitrogen and oxygen atoms in total. The van der Waals surface area contributed by atoms with Crippen LogP contribution < -0.4 is 0 Å². The van der Waals surface area contributed by atoms with E-state index in [0.29, 0.717) is 11.8 Å². The van der Waals surface area contributed by atoms with Gasteiger partial charge in [-0.25, -0.2) is 14.8 Å². The van der Waals surface area contributed by atoms with E-state index in [0.717, 1.165) is 33.3 Å². The lowest BCUT2D eigenvalue weighted by Gasteiger charge is -2.14. The van der Waals surface area contributed by atoms with Crippen LogP contribution in [0.4, 0.5) is 0 Å². The van der Waals surface area contributed by atoms with Crippen molar-refractivity contribution in [2.24, 2.45) is 0 Å². The Balaban J connectivity index is 1.94. The van der Waals surface area contributed by atoms with Gasteiger partial charge in [-0.05, 0) is 24.0 Å². The van der Waals surface area contributed by atoms with Crippen LogP contribution in [0.1, 0.15) is 61.3 Å². The topological polar surface area (TPSA) is 76.0 Å². The Morgan fingerprint density at radius 2 is 1.62 bits per heavy atom. The maximum absolute atomic E-state index is 11.0. The van der Waals surface area contributed by atoms with E-state index in [1.54, 1.807) is 30.5 Å². The predicted octanol–water partition coefficient (Wildman–Crippen LogP) is 5.21. The van der Waals surface area contributed by atoms with Crippen molar-refractivity contribution in [1.29, 1.82) is 0 Å². The Labute approximate surface area is 156 Å². The molecular formula is C20H21N3O2S. The highest BCUT2D eigenvalue weighted by Crippen LogP contribution is 2.30. The zero-order chi connectivity index (χ0) is 18.8. The zero-order valence-corrected chi connectivity index (χ0v) is 16.0. The monoisotopic (exact) mass is 367 g/mol. The minimum Gasteiger partial charge on any atom is -0.478 e. The van der Waals surface area contributed by atoms with Gasteiger partial charge in [0.05, 0.1) is 28.8 Å². The van der Waals surface area contributed by atoms with Gasteiger partial charge in [0.25, 0.3) is 0 Å². The van der Waals surface area contributed by atoms with Crippen LogP contribution in [0.15, 0.2) is 35.8 Å². The molecule has 0 aliphatic heterocycles. The molecule has 134 valence electrons. The highest BCUT2D eigenvalue weighted by molar-refractivity contribution is 7.13. The summed E-state index contributed by atoms with van der Waals surface area (Å²) in [5, 5.41) is 11.8. The van der Waals surface area contributed by atoms with Gasteiger partial charge in [0.2, 0.25) is 0 Å². The molecule has 3 aromatic rings.